The van der Waals surface area contributed by atoms with Gasteiger partial charge < -0.3 is 15.4 Å². The second kappa shape index (κ2) is 3.82. The van der Waals surface area contributed by atoms with E-state index in [9.17, 15) is 15.2 Å². The van der Waals surface area contributed by atoms with Crippen molar-refractivity contribution in [2.75, 3.05) is 0 Å². The molecule has 0 aromatic heterocycles. The molecule has 0 saturated carbocycles. The zero-order valence-corrected chi connectivity index (χ0v) is 7.71. The third-order valence-corrected chi connectivity index (χ3v) is 1.83. The lowest BCUT2D eigenvalue weighted by Gasteiger charge is -2.03. The molecule has 15 heavy (non-hydrogen) atoms. The van der Waals surface area contributed by atoms with Gasteiger partial charge in [0, 0.05) is 17.7 Å². The molecule has 0 aliphatic carbocycles. The topological polar surface area (TPSA) is 116 Å². The average Bonchev–Trinajstić information content (AvgIpc) is 2.16. The van der Waals surface area contributed by atoms with E-state index in [4.69, 9.17) is 10.3 Å². The fourth-order valence-electron chi connectivity index (χ4n) is 1.06. The zero-order chi connectivity index (χ0) is 11.6. The minimum atomic E-state index is -0.803. The molecule has 80 valence electrons. The van der Waals surface area contributed by atoms with E-state index in [0.717, 1.165) is 12.1 Å². The van der Waals surface area contributed by atoms with E-state index in [2.05, 4.69) is 5.16 Å². The quantitative estimate of drug-likeness (QED) is 0.295. The summed E-state index contributed by atoms with van der Waals surface area (Å²) < 4.78 is 0. The van der Waals surface area contributed by atoms with Gasteiger partial charge in [0.15, 0.2) is 5.75 Å². The number of aromatic hydroxyl groups is 2. The Hall–Kier alpha value is -2.31. The Morgan fingerprint density at radius 3 is 2.47 bits per heavy atom. The molecule has 0 heterocycles. The number of nitro groups is 1. The van der Waals surface area contributed by atoms with Gasteiger partial charge in [0.1, 0.15) is 5.75 Å². The Bertz CT molecular complexity index is 441. The third kappa shape index (κ3) is 1.96. The van der Waals surface area contributed by atoms with Crippen LogP contribution in [-0.2, 0) is 0 Å². The Kier molecular flexibility index (Phi) is 2.75. The van der Waals surface area contributed by atoms with E-state index in [-0.39, 0.29) is 11.3 Å². The first-order chi connectivity index (χ1) is 6.97. The molecule has 0 aliphatic heterocycles. The summed E-state index contributed by atoms with van der Waals surface area (Å²) in [7, 11) is 0. The molecule has 0 fully saturated rings. The Morgan fingerprint density at radius 1 is 1.40 bits per heavy atom. The van der Waals surface area contributed by atoms with Crippen LogP contribution in [0.5, 0.6) is 11.5 Å². The van der Waals surface area contributed by atoms with E-state index in [1.165, 1.54) is 6.92 Å². The SMILES string of the molecule is CC(=NO)c1cc([N+](=O)[O-])c(O)cc1O. The maximum Gasteiger partial charge on any atom is 0.311 e. The van der Waals surface area contributed by atoms with E-state index in [1.54, 1.807) is 0 Å². The zero-order valence-electron chi connectivity index (χ0n) is 7.71. The molecular formula is C8H8N2O5. The number of hydrogen-bond donors (Lipinski definition) is 3. The summed E-state index contributed by atoms with van der Waals surface area (Å²) in [6.45, 7) is 1.36. The minimum Gasteiger partial charge on any atom is -0.507 e. The number of oxime groups is 1. The van der Waals surface area contributed by atoms with E-state index >= 15 is 0 Å². The molecule has 0 atom stereocenters. The second-order valence-electron chi connectivity index (χ2n) is 2.80. The van der Waals surface area contributed by atoms with E-state index in [0.29, 0.717) is 0 Å². The maximum atomic E-state index is 10.5. The van der Waals surface area contributed by atoms with E-state index < -0.39 is 22.1 Å². The molecule has 0 unspecified atom stereocenters. The lowest BCUT2D eigenvalue weighted by molar-refractivity contribution is -0.385. The van der Waals surface area contributed by atoms with E-state index in [1.807, 2.05) is 0 Å². The van der Waals surface area contributed by atoms with Crippen LogP contribution in [0.1, 0.15) is 12.5 Å². The summed E-state index contributed by atoms with van der Waals surface area (Å²) in [5, 5.41) is 40.2. The van der Waals surface area contributed by atoms with Crippen LogP contribution in [0.4, 0.5) is 5.69 Å². The van der Waals surface area contributed by atoms with Crippen LogP contribution in [0, 0.1) is 10.1 Å². The number of nitrogens with zero attached hydrogens (tertiary/aromatic N) is 2. The first-order valence-electron chi connectivity index (χ1n) is 3.86. The van der Waals surface area contributed by atoms with Gasteiger partial charge in [-0.25, -0.2) is 0 Å². The van der Waals surface area contributed by atoms with Crippen molar-refractivity contribution in [3.05, 3.63) is 27.8 Å². The predicted octanol–water partition coefficient (Wildman–Crippen LogP) is 1.20. The van der Waals surface area contributed by atoms with Crippen molar-refractivity contribution < 1.29 is 20.3 Å². The molecule has 0 amide bonds. The highest BCUT2D eigenvalue weighted by Gasteiger charge is 2.18. The number of phenolic OH excluding ortho intramolecular Hbond substituents is 2. The summed E-state index contributed by atoms with van der Waals surface area (Å²) >= 11 is 0. The number of nitro benzene ring substituents is 1. The van der Waals surface area contributed by atoms with Gasteiger partial charge in [-0.2, -0.15) is 0 Å². The van der Waals surface area contributed by atoms with Crippen molar-refractivity contribution in [3.63, 3.8) is 0 Å². The van der Waals surface area contributed by atoms with Crippen LogP contribution in [0.3, 0.4) is 0 Å². The standard InChI is InChI=1S/C8H8N2O5/c1-4(9-13)5-2-6(10(14)15)8(12)3-7(5)11/h2-3,11-13H,1H3. The highest BCUT2D eigenvalue weighted by molar-refractivity contribution is 6.01. The summed E-state index contributed by atoms with van der Waals surface area (Å²) in [5.74, 6) is -1.04. The molecule has 1 aromatic carbocycles. The Balaban J connectivity index is 3.43. The van der Waals surface area contributed by atoms with Gasteiger partial charge >= 0.3 is 5.69 Å². The summed E-state index contributed by atoms with van der Waals surface area (Å²) in [5.41, 5.74) is -0.566. The number of phenols is 2. The number of rotatable bonds is 2. The molecule has 1 aromatic rings. The molecule has 0 aliphatic rings. The normalized spacial score (nSPS) is 11.4. The highest BCUT2D eigenvalue weighted by Crippen LogP contribution is 2.33. The van der Waals surface area contributed by atoms with Crippen molar-refractivity contribution in [1.82, 2.24) is 0 Å². The fourth-order valence-corrected chi connectivity index (χ4v) is 1.06. The van der Waals surface area contributed by atoms with Crippen molar-refractivity contribution >= 4 is 11.4 Å². The minimum absolute atomic E-state index is 0.00981. The number of benzene rings is 1. The van der Waals surface area contributed by atoms with Gasteiger partial charge in [-0.05, 0) is 6.92 Å². The number of hydrogen-bond acceptors (Lipinski definition) is 6. The molecule has 1 rings (SSSR count). The lowest BCUT2D eigenvalue weighted by Crippen LogP contribution is -1.98. The molecule has 0 spiro atoms. The van der Waals surface area contributed by atoms with Crippen molar-refractivity contribution in [2.24, 2.45) is 5.16 Å². The van der Waals surface area contributed by atoms with Crippen LogP contribution in [0.15, 0.2) is 17.3 Å². The summed E-state index contributed by atoms with van der Waals surface area (Å²) in [6.07, 6.45) is 0. The molecule has 7 heteroatoms. The Labute approximate surface area is 84.0 Å². The monoisotopic (exact) mass is 212 g/mol. The van der Waals surface area contributed by atoms with Crippen molar-refractivity contribution in [3.8, 4) is 11.5 Å². The van der Waals surface area contributed by atoms with Crippen LogP contribution in [0.2, 0.25) is 0 Å². The molecule has 0 bridgehead atoms. The smallest absolute Gasteiger partial charge is 0.311 e. The van der Waals surface area contributed by atoms with Crippen LogP contribution >= 0.6 is 0 Å². The maximum absolute atomic E-state index is 10.5. The predicted molar refractivity (Wildman–Crippen MR) is 50.4 cm³/mol. The third-order valence-electron chi connectivity index (χ3n) is 1.83. The second-order valence-corrected chi connectivity index (χ2v) is 2.80. The largest absolute Gasteiger partial charge is 0.507 e. The first-order valence-corrected chi connectivity index (χ1v) is 3.86. The summed E-state index contributed by atoms with van der Waals surface area (Å²) in [6, 6.07) is 1.75. The highest BCUT2D eigenvalue weighted by atomic mass is 16.6. The average molecular weight is 212 g/mol. The van der Waals surface area contributed by atoms with Gasteiger partial charge in [0.05, 0.1) is 10.6 Å². The van der Waals surface area contributed by atoms with Crippen LogP contribution < -0.4 is 0 Å². The van der Waals surface area contributed by atoms with Crippen molar-refractivity contribution in [1.29, 1.82) is 0 Å². The van der Waals surface area contributed by atoms with Gasteiger partial charge in [0.25, 0.3) is 0 Å². The first kappa shape index (κ1) is 10.8. The fraction of sp³-hybridized carbons (Fsp3) is 0.125. The summed E-state index contributed by atoms with van der Waals surface area (Å²) in [4.78, 5) is 9.66. The molecule has 3 N–H and O–H groups in total. The van der Waals surface area contributed by atoms with Crippen LogP contribution in [-0.4, -0.2) is 26.1 Å². The lowest BCUT2D eigenvalue weighted by atomic mass is 10.1. The van der Waals surface area contributed by atoms with Gasteiger partial charge in [0.2, 0.25) is 0 Å². The molecule has 7 nitrogen and oxygen atoms in total. The molecule has 0 saturated heterocycles. The Morgan fingerprint density at radius 2 is 2.00 bits per heavy atom. The molecule has 0 radical (unpaired) electrons. The van der Waals surface area contributed by atoms with Gasteiger partial charge in [-0.3, -0.25) is 10.1 Å². The van der Waals surface area contributed by atoms with Gasteiger partial charge in [-0.15, -0.1) is 0 Å². The molecular weight excluding hydrogens is 204 g/mol. The van der Waals surface area contributed by atoms with Crippen molar-refractivity contribution in [2.45, 2.75) is 6.92 Å². The van der Waals surface area contributed by atoms with Gasteiger partial charge in [-0.1, -0.05) is 5.16 Å². The van der Waals surface area contributed by atoms with Crippen LogP contribution in [0.25, 0.3) is 0 Å².